The van der Waals surface area contributed by atoms with Crippen molar-refractivity contribution in [3.8, 4) is 11.3 Å². The number of benzene rings is 2. The average Bonchev–Trinajstić information content (AvgIpc) is 2.89. The molecule has 1 saturated heterocycles. The van der Waals surface area contributed by atoms with Crippen LogP contribution in [0.15, 0.2) is 48.7 Å². The Labute approximate surface area is 217 Å². The Bertz CT molecular complexity index is 1320. The summed E-state index contributed by atoms with van der Waals surface area (Å²) >= 11 is 0. The van der Waals surface area contributed by atoms with Crippen molar-refractivity contribution in [1.29, 1.82) is 0 Å². The highest BCUT2D eigenvalue weighted by Gasteiger charge is 2.32. The van der Waals surface area contributed by atoms with Gasteiger partial charge >= 0.3 is 12.2 Å². The number of aryl methyl sites for hydroxylation is 1. The van der Waals surface area contributed by atoms with Gasteiger partial charge in [0.15, 0.2) is 11.5 Å². The number of carbonyl (C=O) groups is 2. The summed E-state index contributed by atoms with van der Waals surface area (Å²) in [5.74, 6) is -0.376. The minimum Gasteiger partial charge on any atom is -0.382 e. The van der Waals surface area contributed by atoms with Crippen LogP contribution in [0.1, 0.15) is 40.0 Å². The molecule has 0 unspecified atom stereocenters. The first-order valence-corrected chi connectivity index (χ1v) is 12.1. The molecule has 2 aromatic carbocycles. The largest absolute Gasteiger partial charge is 0.416 e. The molecule has 0 saturated carbocycles. The summed E-state index contributed by atoms with van der Waals surface area (Å²) in [5, 5.41) is 11.2. The second-order valence-electron chi connectivity index (χ2n) is 9.04. The van der Waals surface area contributed by atoms with Gasteiger partial charge in [-0.2, -0.15) is 13.2 Å². The monoisotopic (exact) mass is 527 g/mol. The normalized spacial score (nSPS) is 15.5. The Kier molecular flexibility index (Phi) is 8.10. The van der Waals surface area contributed by atoms with Crippen molar-refractivity contribution in [3.63, 3.8) is 0 Å². The van der Waals surface area contributed by atoms with Gasteiger partial charge in [-0.1, -0.05) is 24.3 Å². The molecule has 0 aliphatic carbocycles. The van der Waals surface area contributed by atoms with E-state index in [-0.39, 0.29) is 35.3 Å². The number of aromatic nitrogens is 2. The van der Waals surface area contributed by atoms with E-state index >= 15 is 0 Å². The van der Waals surface area contributed by atoms with E-state index in [1.165, 1.54) is 25.3 Å². The van der Waals surface area contributed by atoms with Crippen LogP contribution in [0.5, 0.6) is 0 Å². The van der Waals surface area contributed by atoms with Crippen LogP contribution in [0.4, 0.5) is 29.5 Å². The molecule has 1 fully saturated rings. The lowest BCUT2D eigenvalue weighted by Gasteiger charge is -2.23. The van der Waals surface area contributed by atoms with Crippen molar-refractivity contribution in [3.05, 3.63) is 71.0 Å². The second-order valence-corrected chi connectivity index (χ2v) is 9.04. The zero-order valence-electron chi connectivity index (χ0n) is 20.7. The number of halogens is 3. The van der Waals surface area contributed by atoms with E-state index in [2.05, 4.69) is 31.2 Å². The fourth-order valence-electron chi connectivity index (χ4n) is 4.14. The third-order valence-electron chi connectivity index (χ3n) is 6.12. The van der Waals surface area contributed by atoms with E-state index in [9.17, 15) is 22.8 Å². The highest BCUT2D eigenvalue weighted by molar-refractivity contribution is 5.97. The van der Waals surface area contributed by atoms with Crippen molar-refractivity contribution < 1.29 is 22.8 Å². The molecular formula is C26H28F3N7O2. The number of nitrogens with one attached hydrogen (secondary N) is 4. The van der Waals surface area contributed by atoms with Gasteiger partial charge in [-0.25, -0.2) is 14.8 Å². The van der Waals surface area contributed by atoms with Gasteiger partial charge in [0.1, 0.15) is 0 Å². The van der Waals surface area contributed by atoms with Crippen LogP contribution >= 0.6 is 0 Å². The predicted molar refractivity (Wildman–Crippen MR) is 137 cm³/mol. The van der Waals surface area contributed by atoms with Crippen LogP contribution in [0.3, 0.4) is 0 Å². The maximum absolute atomic E-state index is 13.1. The van der Waals surface area contributed by atoms with Crippen molar-refractivity contribution in [2.24, 2.45) is 0 Å². The number of anilines is 2. The summed E-state index contributed by atoms with van der Waals surface area (Å²) in [4.78, 5) is 33.6. The van der Waals surface area contributed by atoms with Crippen LogP contribution in [0, 0.1) is 6.92 Å². The van der Waals surface area contributed by atoms with Crippen LogP contribution in [0.25, 0.3) is 11.3 Å². The van der Waals surface area contributed by atoms with Crippen LogP contribution in [-0.2, 0) is 12.7 Å². The molecule has 1 aliphatic heterocycles. The lowest BCUT2D eigenvalue weighted by molar-refractivity contribution is -0.138. The molecule has 1 atom stereocenters. The van der Waals surface area contributed by atoms with E-state index in [0.717, 1.165) is 25.5 Å². The third-order valence-corrected chi connectivity index (χ3v) is 6.12. The molecular weight excluding hydrogens is 499 g/mol. The third kappa shape index (κ3) is 6.76. The molecule has 0 bridgehead atoms. The van der Waals surface area contributed by atoms with E-state index in [1.807, 2.05) is 0 Å². The van der Waals surface area contributed by atoms with Gasteiger partial charge in [-0.3, -0.25) is 4.79 Å². The number of nitrogens with zero attached hydrogens (tertiary/aromatic N) is 2. The second kappa shape index (κ2) is 11.5. The molecule has 0 radical (unpaired) electrons. The van der Waals surface area contributed by atoms with Gasteiger partial charge in [0.05, 0.1) is 17.5 Å². The first-order chi connectivity index (χ1) is 18.1. The molecule has 3 amide bonds. The summed E-state index contributed by atoms with van der Waals surface area (Å²) in [5.41, 5.74) is 7.03. The van der Waals surface area contributed by atoms with Gasteiger partial charge < -0.3 is 27.0 Å². The minimum absolute atomic E-state index is 0.0124. The highest BCUT2D eigenvalue weighted by atomic mass is 19.4. The quantitative estimate of drug-likeness (QED) is 0.331. The Morgan fingerprint density at radius 2 is 2.00 bits per heavy atom. The maximum Gasteiger partial charge on any atom is 0.416 e. The number of rotatable bonds is 6. The number of carbonyl (C=O) groups excluding carboxylic acids is 2. The van der Waals surface area contributed by atoms with Gasteiger partial charge in [-0.15, -0.1) is 0 Å². The molecule has 1 aromatic heterocycles. The fourth-order valence-corrected chi connectivity index (χ4v) is 4.14. The minimum atomic E-state index is -4.52. The Morgan fingerprint density at radius 3 is 2.74 bits per heavy atom. The summed E-state index contributed by atoms with van der Waals surface area (Å²) in [6.45, 7) is 3.05. The lowest BCUT2D eigenvalue weighted by Crippen LogP contribution is -2.46. The number of urea groups is 1. The van der Waals surface area contributed by atoms with Crippen molar-refractivity contribution in [2.75, 3.05) is 24.1 Å². The molecule has 2 heterocycles. The molecule has 38 heavy (non-hydrogen) atoms. The van der Waals surface area contributed by atoms with Crippen LogP contribution in [-0.4, -0.2) is 41.0 Å². The van der Waals surface area contributed by atoms with Gasteiger partial charge in [0, 0.05) is 30.4 Å². The number of amides is 3. The Hall–Kier alpha value is -4.19. The highest BCUT2D eigenvalue weighted by Crippen LogP contribution is 2.33. The molecule has 200 valence electrons. The smallest absolute Gasteiger partial charge is 0.382 e. The lowest BCUT2D eigenvalue weighted by atomic mass is 10.1. The topological polar surface area (TPSA) is 134 Å². The van der Waals surface area contributed by atoms with Crippen LogP contribution in [0.2, 0.25) is 0 Å². The number of nitrogen functional groups attached to an aromatic ring is 1. The van der Waals surface area contributed by atoms with Crippen LogP contribution < -0.4 is 27.0 Å². The Balaban J connectivity index is 1.41. The molecule has 9 nitrogen and oxygen atoms in total. The zero-order chi connectivity index (χ0) is 27.3. The van der Waals surface area contributed by atoms with E-state index in [4.69, 9.17) is 5.73 Å². The predicted octanol–water partition coefficient (Wildman–Crippen LogP) is 3.86. The first kappa shape index (κ1) is 26.9. The zero-order valence-corrected chi connectivity index (χ0v) is 20.7. The maximum atomic E-state index is 13.1. The molecule has 1 aliphatic rings. The number of nitrogens with two attached hydrogens (primary N) is 1. The number of alkyl halides is 3. The number of piperidine rings is 1. The summed E-state index contributed by atoms with van der Waals surface area (Å²) in [6, 6.07) is 10.0. The summed E-state index contributed by atoms with van der Waals surface area (Å²) in [7, 11) is 0. The van der Waals surface area contributed by atoms with Gasteiger partial charge in [0.2, 0.25) is 0 Å². The molecule has 6 N–H and O–H groups in total. The summed E-state index contributed by atoms with van der Waals surface area (Å²) in [6.07, 6.45) is -1.23. The van der Waals surface area contributed by atoms with Gasteiger partial charge in [-0.05, 0) is 55.6 Å². The van der Waals surface area contributed by atoms with E-state index in [1.54, 1.807) is 24.3 Å². The van der Waals surface area contributed by atoms with Crippen molar-refractivity contribution >= 4 is 23.4 Å². The van der Waals surface area contributed by atoms with Crippen molar-refractivity contribution in [2.45, 2.75) is 38.5 Å². The number of hydrogen-bond acceptors (Lipinski definition) is 6. The molecule has 0 spiro atoms. The molecule has 3 aromatic rings. The molecule has 12 heteroatoms. The summed E-state index contributed by atoms with van der Waals surface area (Å²) < 4.78 is 39.4. The van der Waals surface area contributed by atoms with E-state index in [0.29, 0.717) is 23.4 Å². The standard InChI is InChI=1S/C26H28F3N7O2/c1-15-7-8-18(11-20(15)26(27,28)29)35-25(38)33-12-16-4-2-5-17(10-16)21-14-32-23(30)22(36-21)24(37)34-19-6-3-9-31-13-19/h2,4-5,7-8,10-11,14,19,31H,3,6,9,12-13H2,1H3,(H2,30,32)(H,34,37)(H2,33,35,38)/t19-/m0/s1. The average molecular weight is 528 g/mol. The number of hydrogen-bond donors (Lipinski definition) is 5. The van der Waals surface area contributed by atoms with Crippen molar-refractivity contribution in [1.82, 2.24) is 25.9 Å². The fraction of sp³-hybridized carbons (Fsp3) is 0.308. The Morgan fingerprint density at radius 1 is 1.18 bits per heavy atom. The van der Waals surface area contributed by atoms with E-state index < -0.39 is 23.7 Å². The molecule has 4 rings (SSSR count). The first-order valence-electron chi connectivity index (χ1n) is 12.1. The SMILES string of the molecule is Cc1ccc(NC(=O)NCc2cccc(-c3cnc(N)c(C(=O)N[C@H]4CCCNC4)n3)c2)cc1C(F)(F)F. The van der Waals surface area contributed by atoms with Gasteiger partial charge in [0.25, 0.3) is 5.91 Å².